The van der Waals surface area contributed by atoms with Gasteiger partial charge in [0.1, 0.15) is 5.82 Å². The zero-order chi connectivity index (χ0) is 23.3. The first-order chi connectivity index (χ1) is 15.3. The van der Waals surface area contributed by atoms with Gasteiger partial charge in [-0.25, -0.2) is 4.39 Å². The van der Waals surface area contributed by atoms with Gasteiger partial charge in [0.25, 0.3) is 11.8 Å². The van der Waals surface area contributed by atoms with Gasteiger partial charge in [0.05, 0.1) is 25.0 Å². The van der Waals surface area contributed by atoms with Gasteiger partial charge in [-0.05, 0) is 60.3 Å². The molecule has 0 radical (unpaired) electrons. The molecule has 32 heavy (non-hydrogen) atoms. The Morgan fingerprint density at radius 3 is 2.59 bits per heavy atom. The molecule has 0 unspecified atom stereocenters. The molecule has 0 spiro atoms. The standard InChI is InChI=1S/C21H17FN2O6S2/c1-29-16-10-12(2-7-15(16)30-9-8-18(25)26)11-17-20(28)24(21(31)32-17)23-19(27)13-3-5-14(22)6-4-13/h2-7,10-11H,8-9H2,1H3,(H,23,27)(H,25,26)/b17-11+. The fourth-order valence-corrected chi connectivity index (χ4v) is 3.80. The molecule has 2 aromatic carbocycles. The van der Waals surface area contributed by atoms with E-state index in [1.807, 2.05) is 0 Å². The van der Waals surface area contributed by atoms with E-state index in [4.69, 9.17) is 26.8 Å². The van der Waals surface area contributed by atoms with Crippen molar-refractivity contribution < 1.29 is 33.4 Å². The topological polar surface area (TPSA) is 105 Å². The number of halogens is 1. The molecule has 2 aromatic rings. The molecule has 0 aromatic heterocycles. The van der Waals surface area contributed by atoms with E-state index in [2.05, 4.69) is 5.43 Å². The van der Waals surface area contributed by atoms with Crippen molar-refractivity contribution in [3.8, 4) is 11.5 Å². The Hall–Kier alpha value is -3.44. The van der Waals surface area contributed by atoms with Crippen molar-refractivity contribution in [3.63, 3.8) is 0 Å². The number of hydrogen-bond donors (Lipinski definition) is 2. The van der Waals surface area contributed by atoms with Crippen molar-refractivity contribution in [2.45, 2.75) is 6.42 Å². The molecule has 1 fully saturated rings. The molecule has 2 amide bonds. The quantitative estimate of drug-likeness (QED) is 0.442. The van der Waals surface area contributed by atoms with Crippen LogP contribution in [0.3, 0.4) is 0 Å². The lowest BCUT2D eigenvalue weighted by atomic mass is 10.2. The highest BCUT2D eigenvalue weighted by molar-refractivity contribution is 8.26. The van der Waals surface area contributed by atoms with Crippen LogP contribution in [0.2, 0.25) is 0 Å². The summed E-state index contributed by atoms with van der Waals surface area (Å²) < 4.78 is 23.9. The van der Waals surface area contributed by atoms with E-state index in [9.17, 15) is 18.8 Å². The molecule has 166 valence electrons. The molecule has 0 aliphatic carbocycles. The van der Waals surface area contributed by atoms with Crippen molar-refractivity contribution in [3.05, 3.63) is 64.3 Å². The summed E-state index contributed by atoms with van der Waals surface area (Å²) in [5.74, 6) is -1.85. The summed E-state index contributed by atoms with van der Waals surface area (Å²) in [7, 11) is 1.44. The fraction of sp³-hybridized carbons (Fsp3) is 0.143. The number of carbonyl (C=O) groups is 3. The molecular formula is C21H17FN2O6S2. The molecule has 0 saturated carbocycles. The van der Waals surface area contributed by atoms with E-state index in [1.54, 1.807) is 24.3 Å². The van der Waals surface area contributed by atoms with Crippen LogP contribution in [0.1, 0.15) is 22.3 Å². The smallest absolute Gasteiger partial charge is 0.306 e. The molecule has 1 heterocycles. The van der Waals surface area contributed by atoms with Crippen LogP contribution in [0.25, 0.3) is 6.08 Å². The predicted octanol–water partition coefficient (Wildman–Crippen LogP) is 3.23. The number of hydrogen-bond acceptors (Lipinski definition) is 7. The number of benzene rings is 2. The molecule has 3 rings (SSSR count). The molecule has 1 aliphatic heterocycles. The maximum Gasteiger partial charge on any atom is 0.306 e. The Labute approximate surface area is 192 Å². The Bertz CT molecular complexity index is 1100. The van der Waals surface area contributed by atoms with Gasteiger partial charge in [0.15, 0.2) is 15.8 Å². The number of carboxylic acids is 1. The first kappa shape index (κ1) is 23.2. The van der Waals surface area contributed by atoms with Crippen molar-refractivity contribution in [2.75, 3.05) is 13.7 Å². The number of thioether (sulfide) groups is 1. The minimum atomic E-state index is -0.978. The van der Waals surface area contributed by atoms with Crippen LogP contribution in [0.15, 0.2) is 47.4 Å². The summed E-state index contributed by atoms with van der Waals surface area (Å²) in [5.41, 5.74) is 3.20. The lowest BCUT2D eigenvalue weighted by Gasteiger charge is -2.15. The van der Waals surface area contributed by atoms with E-state index in [0.717, 1.165) is 28.9 Å². The number of carbonyl (C=O) groups excluding carboxylic acids is 2. The van der Waals surface area contributed by atoms with Gasteiger partial charge in [-0.2, -0.15) is 5.01 Å². The van der Waals surface area contributed by atoms with E-state index >= 15 is 0 Å². The average Bonchev–Trinajstić information content (AvgIpc) is 3.02. The van der Waals surface area contributed by atoms with Crippen LogP contribution in [-0.4, -0.2) is 45.9 Å². The highest BCUT2D eigenvalue weighted by Gasteiger charge is 2.33. The van der Waals surface area contributed by atoms with Crippen LogP contribution < -0.4 is 14.9 Å². The number of ether oxygens (including phenoxy) is 2. The molecule has 8 nitrogen and oxygen atoms in total. The summed E-state index contributed by atoms with van der Waals surface area (Å²) in [5, 5.41) is 9.67. The molecule has 11 heteroatoms. The second-order valence-corrected chi connectivity index (χ2v) is 8.04. The summed E-state index contributed by atoms with van der Waals surface area (Å²) in [6.07, 6.45) is 1.42. The van der Waals surface area contributed by atoms with Crippen LogP contribution >= 0.6 is 24.0 Å². The number of nitrogens with one attached hydrogen (secondary N) is 1. The van der Waals surface area contributed by atoms with Crippen molar-refractivity contribution in [1.82, 2.24) is 10.4 Å². The Morgan fingerprint density at radius 2 is 1.94 bits per heavy atom. The van der Waals surface area contributed by atoms with E-state index in [-0.39, 0.29) is 27.8 Å². The fourth-order valence-electron chi connectivity index (χ4n) is 2.62. The first-order valence-electron chi connectivity index (χ1n) is 9.15. The first-order valence-corrected chi connectivity index (χ1v) is 10.4. The minimum Gasteiger partial charge on any atom is -0.493 e. The third kappa shape index (κ3) is 5.62. The van der Waals surface area contributed by atoms with Crippen LogP contribution in [0, 0.1) is 5.82 Å². The highest BCUT2D eigenvalue weighted by atomic mass is 32.2. The monoisotopic (exact) mass is 476 g/mol. The highest BCUT2D eigenvalue weighted by Crippen LogP contribution is 2.34. The van der Waals surface area contributed by atoms with Crippen LogP contribution in [0.5, 0.6) is 11.5 Å². The van der Waals surface area contributed by atoms with E-state index in [1.165, 1.54) is 19.2 Å². The number of rotatable bonds is 8. The number of hydrazine groups is 1. The normalized spacial score (nSPS) is 14.6. The number of methoxy groups -OCH3 is 1. The SMILES string of the molecule is COc1cc(/C=C2/SC(=S)N(NC(=O)c3ccc(F)cc3)C2=O)ccc1OCCC(=O)O. The molecule has 2 N–H and O–H groups in total. The zero-order valence-electron chi connectivity index (χ0n) is 16.7. The number of carboxylic acid groups (broad SMARTS) is 1. The van der Waals surface area contributed by atoms with Gasteiger partial charge in [0.2, 0.25) is 0 Å². The maximum atomic E-state index is 13.0. The zero-order valence-corrected chi connectivity index (χ0v) is 18.3. The van der Waals surface area contributed by atoms with Crippen LogP contribution in [-0.2, 0) is 9.59 Å². The minimum absolute atomic E-state index is 0.0164. The Balaban J connectivity index is 1.72. The largest absolute Gasteiger partial charge is 0.493 e. The molecule has 1 aliphatic rings. The van der Waals surface area contributed by atoms with Gasteiger partial charge in [-0.3, -0.25) is 19.8 Å². The maximum absolute atomic E-state index is 13.0. The van der Waals surface area contributed by atoms with Gasteiger partial charge in [-0.15, -0.1) is 0 Å². The van der Waals surface area contributed by atoms with E-state index in [0.29, 0.717) is 17.1 Å². The molecular weight excluding hydrogens is 459 g/mol. The van der Waals surface area contributed by atoms with E-state index < -0.39 is 23.6 Å². The summed E-state index contributed by atoms with van der Waals surface area (Å²) in [6.45, 7) is -0.0164. The summed E-state index contributed by atoms with van der Waals surface area (Å²) in [6, 6.07) is 9.77. The predicted molar refractivity (Wildman–Crippen MR) is 120 cm³/mol. The third-order valence-corrected chi connectivity index (χ3v) is 5.47. The van der Waals surface area contributed by atoms with Gasteiger partial charge >= 0.3 is 5.97 Å². The molecule has 1 saturated heterocycles. The molecule has 0 bridgehead atoms. The van der Waals surface area contributed by atoms with Crippen molar-refractivity contribution >= 4 is 52.2 Å². The van der Waals surface area contributed by atoms with Gasteiger partial charge < -0.3 is 14.6 Å². The number of thiocarbonyl (C=S) groups is 1. The number of aliphatic carboxylic acids is 1. The Kier molecular flexibility index (Phi) is 7.44. The van der Waals surface area contributed by atoms with Gasteiger partial charge in [0, 0.05) is 5.56 Å². The Morgan fingerprint density at radius 1 is 1.22 bits per heavy atom. The lowest BCUT2D eigenvalue weighted by molar-refractivity contribution is -0.137. The second kappa shape index (κ2) is 10.2. The van der Waals surface area contributed by atoms with Crippen molar-refractivity contribution in [1.29, 1.82) is 0 Å². The second-order valence-electron chi connectivity index (χ2n) is 6.37. The summed E-state index contributed by atoms with van der Waals surface area (Å²) in [4.78, 5) is 36.0. The third-order valence-electron chi connectivity index (χ3n) is 4.17. The van der Waals surface area contributed by atoms with Gasteiger partial charge in [-0.1, -0.05) is 17.8 Å². The van der Waals surface area contributed by atoms with Crippen molar-refractivity contribution in [2.24, 2.45) is 0 Å². The number of nitrogens with zero attached hydrogens (tertiary/aromatic N) is 1. The summed E-state index contributed by atoms with van der Waals surface area (Å²) >= 11 is 6.21. The average molecular weight is 477 g/mol. The van der Waals surface area contributed by atoms with Crippen LogP contribution in [0.4, 0.5) is 4.39 Å². The number of amides is 2. The molecule has 0 atom stereocenters. The lowest BCUT2D eigenvalue weighted by Crippen LogP contribution is -2.44.